The second kappa shape index (κ2) is 22.6. The summed E-state index contributed by atoms with van der Waals surface area (Å²) in [4.78, 5) is 0. The number of hydrogen-bond donors (Lipinski definition) is 0. The Bertz CT molecular complexity index is 1020. The first-order valence-corrected chi connectivity index (χ1v) is 15.5. The van der Waals surface area contributed by atoms with Crippen molar-refractivity contribution >= 4 is 8.68 Å². The number of aryl methyl sites for hydroxylation is 2. The highest BCUT2D eigenvalue weighted by molar-refractivity contribution is 6.38. The van der Waals surface area contributed by atoms with E-state index in [9.17, 15) is 4.46 Å². The Labute approximate surface area is 234 Å². The Morgan fingerprint density at radius 1 is 0.526 bits per heavy atom. The summed E-state index contributed by atoms with van der Waals surface area (Å²) >= 11 is 0. The zero-order valence-electron chi connectivity index (χ0n) is 24.2. The molecule has 2 atom stereocenters. The maximum Gasteiger partial charge on any atom is 0.270 e. The van der Waals surface area contributed by atoms with Gasteiger partial charge in [-0.3, -0.25) is 0 Å². The van der Waals surface area contributed by atoms with Crippen LogP contribution in [0, 0.1) is 13.8 Å². The minimum atomic E-state index is -1.13. The summed E-state index contributed by atoms with van der Waals surface area (Å²) in [6.07, 6.45) is 3.91. The van der Waals surface area contributed by atoms with Crippen molar-refractivity contribution in [2.45, 2.75) is 52.6 Å². The fourth-order valence-corrected chi connectivity index (χ4v) is 2.85. The van der Waals surface area contributed by atoms with Gasteiger partial charge in [-0.2, -0.15) is 0 Å². The smallest absolute Gasteiger partial charge is 0.270 e. The second-order valence-electron chi connectivity index (χ2n) is 9.09. The molecule has 4 aromatic rings. The minimum Gasteiger partial charge on any atom is -0.389 e. The molecule has 0 saturated heterocycles. The zero-order valence-corrected chi connectivity index (χ0v) is 25.2. The summed E-state index contributed by atoms with van der Waals surface area (Å²) in [7, 11) is -1.13. The largest absolute Gasteiger partial charge is 0.389 e. The Hall–Kier alpha value is -3.62. The van der Waals surface area contributed by atoms with Gasteiger partial charge in [0.25, 0.3) is 8.68 Å². The van der Waals surface area contributed by atoms with Gasteiger partial charge in [-0.25, -0.2) is 0 Å². The van der Waals surface area contributed by atoms with Gasteiger partial charge in [0.1, 0.15) is 0 Å². The SMILES string of the molecule is C=CC(C)c1ccccc1.C=CC(C)c1ccccc1.C[Si](C)=O.Cc1ccccc1.Cc1ccccc1. The molecule has 0 aliphatic heterocycles. The lowest BCUT2D eigenvalue weighted by Gasteiger charge is -2.03. The van der Waals surface area contributed by atoms with E-state index in [-0.39, 0.29) is 0 Å². The molecule has 4 rings (SSSR count). The van der Waals surface area contributed by atoms with E-state index in [4.69, 9.17) is 0 Å². The average Bonchev–Trinajstić information content (AvgIpc) is 2.95. The normalized spacial score (nSPS) is 10.5. The van der Waals surface area contributed by atoms with Crippen LogP contribution in [0.25, 0.3) is 0 Å². The number of allylic oxidation sites excluding steroid dienone is 2. The van der Waals surface area contributed by atoms with Crippen molar-refractivity contribution in [3.63, 3.8) is 0 Å². The molecular weight excluding hydrogens is 476 g/mol. The Kier molecular flexibility index (Phi) is 20.4. The molecule has 200 valence electrons. The van der Waals surface area contributed by atoms with Gasteiger partial charge in [-0.15, -0.1) is 13.2 Å². The molecule has 1 nitrogen and oxygen atoms in total. The molecule has 0 aromatic heterocycles. The second-order valence-corrected chi connectivity index (χ2v) is 10.9. The molecule has 0 heterocycles. The summed E-state index contributed by atoms with van der Waals surface area (Å²) in [6.45, 7) is 19.3. The molecule has 0 fully saturated rings. The third-order valence-electron chi connectivity index (χ3n) is 5.24. The number of benzene rings is 4. The lowest BCUT2D eigenvalue weighted by atomic mass is 10.0. The molecule has 2 unspecified atom stereocenters. The lowest BCUT2D eigenvalue weighted by Crippen LogP contribution is -1.85. The Balaban J connectivity index is 0.000000464. The summed E-state index contributed by atoms with van der Waals surface area (Å²) in [6, 6.07) is 41.3. The van der Waals surface area contributed by atoms with Gasteiger partial charge in [0, 0.05) is 0 Å². The molecule has 0 amide bonds. The molecule has 0 saturated carbocycles. The van der Waals surface area contributed by atoms with Crippen LogP contribution < -0.4 is 0 Å². The quantitative estimate of drug-likeness (QED) is 0.192. The van der Waals surface area contributed by atoms with Crippen LogP contribution in [0.15, 0.2) is 147 Å². The van der Waals surface area contributed by atoms with Crippen LogP contribution in [-0.2, 0) is 4.46 Å². The summed E-state index contributed by atoms with van der Waals surface area (Å²) in [5.74, 6) is 0.947. The summed E-state index contributed by atoms with van der Waals surface area (Å²) in [5, 5.41) is 0. The molecule has 0 radical (unpaired) electrons. The zero-order chi connectivity index (χ0) is 28.6. The van der Waals surface area contributed by atoms with E-state index in [0.29, 0.717) is 11.8 Å². The highest BCUT2D eigenvalue weighted by Crippen LogP contribution is 2.14. The first-order chi connectivity index (χ1) is 18.2. The lowest BCUT2D eigenvalue weighted by molar-refractivity contribution is 0.569. The fourth-order valence-electron chi connectivity index (χ4n) is 2.85. The number of hydrogen-bond acceptors (Lipinski definition) is 1. The van der Waals surface area contributed by atoms with Gasteiger partial charge >= 0.3 is 0 Å². The molecule has 0 spiro atoms. The molecular formula is C36H46OSi. The van der Waals surface area contributed by atoms with Crippen LogP contribution >= 0.6 is 0 Å². The maximum absolute atomic E-state index is 9.63. The molecule has 4 aromatic carbocycles. The van der Waals surface area contributed by atoms with E-state index in [1.165, 1.54) is 22.3 Å². The molecule has 0 N–H and O–H groups in total. The molecule has 0 bridgehead atoms. The van der Waals surface area contributed by atoms with Crippen molar-refractivity contribution in [2.75, 3.05) is 0 Å². The third-order valence-corrected chi connectivity index (χ3v) is 5.24. The van der Waals surface area contributed by atoms with Gasteiger partial charge < -0.3 is 4.46 Å². The van der Waals surface area contributed by atoms with Crippen LogP contribution in [0.3, 0.4) is 0 Å². The minimum absolute atomic E-state index is 0.473. The van der Waals surface area contributed by atoms with Crippen LogP contribution in [-0.4, -0.2) is 8.68 Å². The average molecular weight is 523 g/mol. The van der Waals surface area contributed by atoms with E-state index in [1.807, 2.05) is 60.7 Å². The predicted octanol–water partition coefficient (Wildman–Crippen LogP) is 10.6. The van der Waals surface area contributed by atoms with Crippen LogP contribution in [0.5, 0.6) is 0 Å². The number of rotatable bonds is 4. The van der Waals surface area contributed by atoms with Gasteiger partial charge in [-0.05, 0) is 49.9 Å². The van der Waals surface area contributed by atoms with Crippen molar-refractivity contribution in [3.05, 3.63) is 169 Å². The first kappa shape index (κ1) is 34.4. The predicted molar refractivity (Wildman–Crippen MR) is 171 cm³/mol. The van der Waals surface area contributed by atoms with Gasteiger partial charge in [0.05, 0.1) is 0 Å². The Morgan fingerprint density at radius 2 is 0.737 bits per heavy atom. The van der Waals surface area contributed by atoms with E-state index < -0.39 is 8.68 Å². The van der Waals surface area contributed by atoms with Crippen molar-refractivity contribution in [3.8, 4) is 0 Å². The van der Waals surface area contributed by atoms with E-state index in [2.05, 4.69) is 114 Å². The third kappa shape index (κ3) is 19.6. The van der Waals surface area contributed by atoms with E-state index in [0.717, 1.165) is 0 Å². The van der Waals surface area contributed by atoms with Crippen molar-refractivity contribution in [1.82, 2.24) is 0 Å². The standard InChI is InChI=1S/2C10H12.2C7H8.C2H6OSi/c2*1-3-9(2)10-7-5-4-6-8-10;2*1-7-5-3-2-4-6-7;1-4(2)3/h2*3-9H,1H2,2H3;2*2-6H,1H3;1-2H3. The highest BCUT2D eigenvalue weighted by Gasteiger charge is 1.97. The van der Waals surface area contributed by atoms with Crippen LogP contribution in [0.2, 0.25) is 13.1 Å². The monoisotopic (exact) mass is 522 g/mol. The first-order valence-electron chi connectivity index (χ1n) is 13.1. The van der Waals surface area contributed by atoms with Gasteiger partial charge in [0.15, 0.2) is 0 Å². The maximum atomic E-state index is 9.63. The summed E-state index contributed by atoms with van der Waals surface area (Å²) < 4.78 is 9.63. The van der Waals surface area contributed by atoms with Gasteiger partial charge in [0.2, 0.25) is 0 Å². The molecule has 0 aliphatic carbocycles. The Morgan fingerprint density at radius 3 is 0.895 bits per heavy atom. The van der Waals surface area contributed by atoms with Crippen molar-refractivity contribution < 1.29 is 4.46 Å². The van der Waals surface area contributed by atoms with E-state index in [1.54, 1.807) is 13.1 Å². The van der Waals surface area contributed by atoms with E-state index >= 15 is 0 Å². The van der Waals surface area contributed by atoms with Crippen molar-refractivity contribution in [1.29, 1.82) is 0 Å². The molecule has 38 heavy (non-hydrogen) atoms. The fraction of sp³-hybridized carbons (Fsp3) is 0.222. The van der Waals surface area contributed by atoms with Crippen LogP contribution in [0.4, 0.5) is 0 Å². The van der Waals surface area contributed by atoms with Gasteiger partial charge in [-0.1, -0.05) is 158 Å². The summed E-state index contributed by atoms with van der Waals surface area (Å²) in [5.41, 5.74) is 5.31. The highest BCUT2D eigenvalue weighted by atomic mass is 28.2. The topological polar surface area (TPSA) is 17.1 Å². The van der Waals surface area contributed by atoms with Crippen LogP contribution in [0.1, 0.15) is 47.9 Å². The molecule has 0 aliphatic rings. The van der Waals surface area contributed by atoms with Crippen molar-refractivity contribution in [2.24, 2.45) is 0 Å². The molecule has 2 heteroatoms.